The van der Waals surface area contributed by atoms with E-state index in [1.165, 1.54) is 66.8 Å². The van der Waals surface area contributed by atoms with E-state index in [9.17, 15) is 5.26 Å². The van der Waals surface area contributed by atoms with Gasteiger partial charge in [-0.3, -0.25) is 0 Å². The van der Waals surface area contributed by atoms with Crippen molar-refractivity contribution in [2.45, 2.75) is 62.3 Å². The van der Waals surface area contributed by atoms with E-state index in [4.69, 9.17) is 6.57 Å². The first-order valence-electron chi connectivity index (χ1n) is 27.9. The van der Waals surface area contributed by atoms with Gasteiger partial charge in [-0.05, 0) is 208 Å². The molecule has 0 saturated heterocycles. The standard InChI is InChI=1S/C77H60N4/c1-45-26-46(2)31-60(30-45)55-15-21-71-65(39-55)66-40-56(61-32-47(3)27-48(4)33-61)16-22-72(66)80(71)75-25-19-59(64-20-14-54(44-78)38-53(64)9)43-69(75)77-70(79-10)12-11-13-76(77)81-73-23-17-57(62-34-49(5)28-50(6)35-62)41-67(73)68-42-58(18-24-74(68)81)63-36-51(7)29-52(8)37-63/h11-43H,1-9H3. The molecule has 4 heteroatoms. The van der Waals surface area contributed by atoms with E-state index in [0.29, 0.717) is 11.3 Å². The van der Waals surface area contributed by atoms with Crippen LogP contribution >= 0.6 is 0 Å². The van der Waals surface area contributed by atoms with Crippen molar-refractivity contribution in [1.29, 1.82) is 5.26 Å². The highest BCUT2D eigenvalue weighted by Crippen LogP contribution is 2.48. The number of aromatic nitrogens is 2. The van der Waals surface area contributed by atoms with E-state index in [2.05, 4.69) is 258 Å². The predicted molar refractivity (Wildman–Crippen MR) is 341 cm³/mol. The quantitative estimate of drug-likeness (QED) is 0.140. The fraction of sp³-hybridized carbons (Fsp3) is 0.117. The van der Waals surface area contributed by atoms with E-state index in [1.54, 1.807) is 0 Å². The molecule has 0 aliphatic heterocycles. The number of nitriles is 1. The number of aryl methyl sites for hydroxylation is 9. The second-order valence-corrected chi connectivity index (χ2v) is 22.8. The molecule has 0 saturated carbocycles. The lowest BCUT2D eigenvalue weighted by molar-refractivity contribution is 1.16. The Morgan fingerprint density at radius 3 is 1.06 bits per heavy atom. The third-order valence-electron chi connectivity index (χ3n) is 16.3. The summed E-state index contributed by atoms with van der Waals surface area (Å²) in [6.07, 6.45) is 0. The average molecular weight is 1040 g/mol. The molecule has 13 rings (SSSR count). The van der Waals surface area contributed by atoms with Crippen molar-refractivity contribution in [2.75, 3.05) is 0 Å². The number of rotatable bonds is 8. The second kappa shape index (κ2) is 19.7. The zero-order chi connectivity index (χ0) is 56.0. The molecular weight excluding hydrogens is 981 g/mol. The molecule has 0 bridgehead atoms. The Morgan fingerprint density at radius 1 is 0.333 bits per heavy atom. The van der Waals surface area contributed by atoms with Crippen LogP contribution in [0.3, 0.4) is 0 Å². The molecule has 0 aliphatic rings. The van der Waals surface area contributed by atoms with Crippen LogP contribution in [0.5, 0.6) is 0 Å². The summed E-state index contributed by atoms with van der Waals surface area (Å²) in [4.78, 5) is 4.42. The van der Waals surface area contributed by atoms with Gasteiger partial charge in [-0.1, -0.05) is 166 Å². The van der Waals surface area contributed by atoms with Crippen molar-refractivity contribution in [3.05, 3.63) is 267 Å². The Hall–Kier alpha value is -10.0. The lowest BCUT2D eigenvalue weighted by Crippen LogP contribution is -2.02. The number of hydrogen-bond donors (Lipinski definition) is 0. The SMILES string of the molecule is [C-]#[N+]c1cccc(-n2c3ccc(-c4cc(C)cc(C)c4)cc3c3cc(-c4cc(C)cc(C)c4)ccc32)c1-c1cc(-c2ccc(C#N)cc2C)ccc1-n1c2ccc(-c3cc(C)cc(C)c3)cc2c2cc(-c3cc(C)cc(C)c3)ccc21. The molecule has 0 atom stereocenters. The summed E-state index contributed by atoms with van der Waals surface area (Å²) in [5.74, 6) is 0. The highest BCUT2D eigenvalue weighted by molar-refractivity contribution is 6.14. The van der Waals surface area contributed by atoms with Crippen LogP contribution in [0.2, 0.25) is 0 Å². The lowest BCUT2D eigenvalue weighted by Gasteiger charge is -2.21. The largest absolute Gasteiger partial charge is 0.310 e. The molecule has 0 aliphatic carbocycles. The van der Waals surface area contributed by atoms with Crippen LogP contribution in [0.4, 0.5) is 5.69 Å². The maximum atomic E-state index is 9.98. The highest BCUT2D eigenvalue weighted by Gasteiger charge is 2.25. The van der Waals surface area contributed by atoms with E-state index < -0.39 is 0 Å². The summed E-state index contributed by atoms with van der Waals surface area (Å²) in [5.41, 5.74) is 31.2. The summed E-state index contributed by atoms with van der Waals surface area (Å²) in [5, 5.41) is 14.5. The molecule has 0 radical (unpaired) electrons. The van der Waals surface area contributed by atoms with Crippen LogP contribution in [0.1, 0.15) is 55.6 Å². The smallest absolute Gasteiger partial charge is 0.197 e. The molecule has 2 aromatic heterocycles. The Kier molecular flexibility index (Phi) is 12.3. The zero-order valence-corrected chi connectivity index (χ0v) is 47.3. The van der Waals surface area contributed by atoms with Gasteiger partial charge in [0.25, 0.3) is 0 Å². The van der Waals surface area contributed by atoms with Crippen molar-refractivity contribution in [2.24, 2.45) is 0 Å². The Labute approximate surface area is 474 Å². The summed E-state index contributed by atoms with van der Waals surface area (Å²) in [6, 6.07) is 76.0. The summed E-state index contributed by atoms with van der Waals surface area (Å²) in [7, 11) is 0. The summed E-state index contributed by atoms with van der Waals surface area (Å²) >= 11 is 0. The van der Waals surface area contributed by atoms with Gasteiger partial charge in [0.2, 0.25) is 0 Å². The molecule has 4 nitrogen and oxygen atoms in total. The molecule has 0 amide bonds. The first kappa shape index (κ1) is 50.5. The van der Waals surface area contributed by atoms with Crippen LogP contribution < -0.4 is 0 Å². The van der Waals surface area contributed by atoms with Gasteiger partial charge in [0.15, 0.2) is 5.69 Å². The highest BCUT2D eigenvalue weighted by atomic mass is 15.0. The summed E-state index contributed by atoms with van der Waals surface area (Å²) in [6.45, 7) is 28.5. The Morgan fingerprint density at radius 2 is 0.704 bits per heavy atom. The first-order chi connectivity index (χ1) is 39.2. The maximum absolute atomic E-state index is 9.98. The van der Waals surface area contributed by atoms with Gasteiger partial charge in [-0.25, -0.2) is 4.85 Å². The normalized spacial score (nSPS) is 11.5. The van der Waals surface area contributed by atoms with Crippen molar-refractivity contribution in [3.63, 3.8) is 0 Å². The predicted octanol–water partition coefficient (Wildman–Crippen LogP) is 21.1. The zero-order valence-electron chi connectivity index (χ0n) is 47.3. The monoisotopic (exact) mass is 1040 g/mol. The molecule has 13 aromatic rings. The topological polar surface area (TPSA) is 38.0 Å². The van der Waals surface area contributed by atoms with Crippen molar-refractivity contribution >= 4 is 49.3 Å². The van der Waals surface area contributed by atoms with Crippen LogP contribution in [0, 0.1) is 80.2 Å². The summed E-state index contributed by atoms with van der Waals surface area (Å²) < 4.78 is 4.82. The first-order valence-corrected chi connectivity index (χ1v) is 27.9. The van der Waals surface area contributed by atoms with Crippen molar-refractivity contribution in [1.82, 2.24) is 9.13 Å². The average Bonchev–Trinajstić information content (AvgIpc) is 4.00. The van der Waals surface area contributed by atoms with Crippen LogP contribution in [-0.4, -0.2) is 9.13 Å². The van der Waals surface area contributed by atoms with Gasteiger partial charge < -0.3 is 9.13 Å². The van der Waals surface area contributed by atoms with Crippen LogP contribution in [0.25, 0.3) is 127 Å². The molecular formula is C77H60N4. The Bertz CT molecular complexity index is 4590. The van der Waals surface area contributed by atoms with Crippen LogP contribution in [0.15, 0.2) is 200 Å². The minimum absolute atomic E-state index is 0.547. The lowest BCUT2D eigenvalue weighted by atomic mass is 9.92. The molecule has 0 N–H and O–H groups in total. The van der Waals surface area contributed by atoms with Crippen molar-refractivity contribution in [3.8, 4) is 84.2 Å². The number of nitrogens with zero attached hydrogens (tertiary/aromatic N) is 4. The maximum Gasteiger partial charge on any atom is 0.197 e. The van der Waals surface area contributed by atoms with Gasteiger partial charge >= 0.3 is 0 Å². The van der Waals surface area contributed by atoms with Gasteiger partial charge in [0.05, 0.1) is 46.0 Å². The second-order valence-electron chi connectivity index (χ2n) is 22.8. The molecule has 81 heavy (non-hydrogen) atoms. The number of hydrogen-bond acceptors (Lipinski definition) is 1. The Balaban J connectivity index is 1.13. The van der Waals surface area contributed by atoms with Gasteiger partial charge in [-0.2, -0.15) is 5.26 Å². The molecule has 0 unspecified atom stereocenters. The fourth-order valence-corrected chi connectivity index (χ4v) is 13.1. The van der Waals surface area contributed by atoms with Gasteiger partial charge in [-0.15, -0.1) is 0 Å². The molecule has 11 aromatic carbocycles. The van der Waals surface area contributed by atoms with Crippen molar-refractivity contribution < 1.29 is 0 Å². The molecule has 0 fully saturated rings. The number of fused-ring (bicyclic) bond motifs is 6. The number of benzene rings is 11. The van der Waals surface area contributed by atoms with E-state index in [1.807, 2.05) is 24.3 Å². The molecule has 0 spiro atoms. The van der Waals surface area contributed by atoms with E-state index >= 15 is 0 Å². The van der Waals surface area contributed by atoms with E-state index in [-0.39, 0.29) is 0 Å². The third kappa shape index (κ3) is 8.97. The fourth-order valence-electron chi connectivity index (χ4n) is 13.1. The minimum atomic E-state index is 0.547. The van der Waals surface area contributed by atoms with Gasteiger partial charge in [0, 0.05) is 32.8 Å². The van der Waals surface area contributed by atoms with Gasteiger partial charge in [0.1, 0.15) is 0 Å². The molecule has 388 valence electrons. The minimum Gasteiger partial charge on any atom is -0.310 e. The molecule has 2 heterocycles. The third-order valence-corrected chi connectivity index (χ3v) is 16.3. The van der Waals surface area contributed by atoms with E-state index in [0.717, 1.165) is 105 Å². The van der Waals surface area contributed by atoms with Crippen LogP contribution in [-0.2, 0) is 0 Å².